The van der Waals surface area contributed by atoms with Crippen LogP contribution in [0, 0.1) is 12.3 Å². The second kappa shape index (κ2) is 12.8. The van der Waals surface area contributed by atoms with Gasteiger partial charge in [-0.2, -0.15) is 0 Å². The quantitative estimate of drug-likeness (QED) is 0.315. The molecule has 2 aromatic carbocycles. The van der Waals surface area contributed by atoms with Crippen LogP contribution in [0.15, 0.2) is 42.5 Å². The zero-order chi connectivity index (χ0) is 21.8. The highest BCUT2D eigenvalue weighted by atomic mass is 35.5. The maximum absolute atomic E-state index is 12.7. The standard InChI is InChI=1S/C23H26ClNO5/c1-4-14-29-20-11-6-17(15-21(20)27-3)12-13-25-23(26)22(30-16-28-5-2)18-7-9-19(24)10-8-18/h1,6-11,15,22H,5,12-14,16H2,2-3H3,(H,25,26)/t22-/m0/s1. The molecule has 1 N–H and O–H groups in total. The molecule has 2 rings (SSSR count). The van der Waals surface area contributed by atoms with E-state index in [4.69, 9.17) is 37.0 Å². The summed E-state index contributed by atoms with van der Waals surface area (Å²) in [6.45, 7) is 2.97. The van der Waals surface area contributed by atoms with Gasteiger partial charge in [-0.3, -0.25) is 4.79 Å². The maximum atomic E-state index is 12.7. The van der Waals surface area contributed by atoms with E-state index in [9.17, 15) is 4.79 Å². The average molecular weight is 432 g/mol. The third-order valence-corrected chi connectivity index (χ3v) is 4.44. The molecule has 0 aliphatic rings. The number of nitrogens with one attached hydrogen (secondary N) is 1. The van der Waals surface area contributed by atoms with Crippen LogP contribution in [0.3, 0.4) is 0 Å². The first kappa shape index (κ1) is 23.6. The van der Waals surface area contributed by atoms with Crippen LogP contribution in [0.2, 0.25) is 5.02 Å². The fourth-order valence-corrected chi connectivity index (χ4v) is 2.82. The number of methoxy groups -OCH3 is 1. The van der Waals surface area contributed by atoms with Gasteiger partial charge in [-0.15, -0.1) is 6.42 Å². The molecule has 0 fully saturated rings. The van der Waals surface area contributed by atoms with Crippen molar-refractivity contribution in [3.05, 3.63) is 58.6 Å². The maximum Gasteiger partial charge on any atom is 0.253 e. The number of hydrogen-bond donors (Lipinski definition) is 1. The predicted molar refractivity (Wildman–Crippen MR) is 116 cm³/mol. The summed E-state index contributed by atoms with van der Waals surface area (Å²) in [5, 5.41) is 3.50. The third kappa shape index (κ3) is 7.27. The molecule has 160 valence electrons. The second-order valence-corrected chi connectivity index (χ2v) is 6.66. The molecule has 0 aliphatic heterocycles. The van der Waals surface area contributed by atoms with Gasteiger partial charge in [0.25, 0.3) is 5.91 Å². The Labute approximate surface area is 182 Å². The molecule has 0 heterocycles. The van der Waals surface area contributed by atoms with Crippen LogP contribution in [0.4, 0.5) is 0 Å². The van der Waals surface area contributed by atoms with Crippen molar-refractivity contribution >= 4 is 17.5 Å². The van der Waals surface area contributed by atoms with Gasteiger partial charge in [-0.05, 0) is 48.7 Å². The first-order valence-electron chi connectivity index (χ1n) is 9.54. The number of carbonyl (C=O) groups is 1. The van der Waals surface area contributed by atoms with Crippen molar-refractivity contribution in [2.24, 2.45) is 0 Å². The van der Waals surface area contributed by atoms with E-state index in [0.29, 0.717) is 41.7 Å². The van der Waals surface area contributed by atoms with Crippen molar-refractivity contribution in [1.82, 2.24) is 5.32 Å². The Morgan fingerprint density at radius 1 is 1.20 bits per heavy atom. The highest BCUT2D eigenvalue weighted by Crippen LogP contribution is 2.28. The summed E-state index contributed by atoms with van der Waals surface area (Å²) in [6.07, 6.45) is 5.04. The summed E-state index contributed by atoms with van der Waals surface area (Å²) in [7, 11) is 1.57. The number of hydrogen-bond acceptors (Lipinski definition) is 5. The lowest BCUT2D eigenvalue weighted by Crippen LogP contribution is -2.32. The van der Waals surface area contributed by atoms with Crippen molar-refractivity contribution in [1.29, 1.82) is 0 Å². The number of rotatable bonds is 12. The summed E-state index contributed by atoms with van der Waals surface area (Å²) >= 11 is 5.94. The molecule has 1 amide bonds. The van der Waals surface area contributed by atoms with E-state index in [1.165, 1.54) is 0 Å². The van der Waals surface area contributed by atoms with Crippen molar-refractivity contribution in [2.75, 3.05) is 33.7 Å². The van der Waals surface area contributed by atoms with E-state index in [1.807, 2.05) is 19.1 Å². The largest absolute Gasteiger partial charge is 0.493 e. The topological polar surface area (TPSA) is 66.0 Å². The number of halogens is 1. The molecule has 1 atom stereocenters. The van der Waals surface area contributed by atoms with Crippen molar-refractivity contribution in [3.63, 3.8) is 0 Å². The molecule has 0 saturated heterocycles. The SMILES string of the molecule is C#CCOc1ccc(CCNC(=O)[C@@H](OCOCC)c2ccc(Cl)cc2)cc1OC. The first-order chi connectivity index (χ1) is 14.6. The van der Waals surface area contributed by atoms with Gasteiger partial charge in [0.05, 0.1) is 7.11 Å². The van der Waals surface area contributed by atoms with E-state index in [-0.39, 0.29) is 19.3 Å². The van der Waals surface area contributed by atoms with Crippen LogP contribution in [0.1, 0.15) is 24.2 Å². The van der Waals surface area contributed by atoms with Crippen molar-refractivity contribution in [3.8, 4) is 23.8 Å². The lowest BCUT2D eigenvalue weighted by molar-refractivity contribution is -0.144. The molecule has 0 spiro atoms. The minimum absolute atomic E-state index is 0.0214. The van der Waals surface area contributed by atoms with E-state index < -0.39 is 6.10 Å². The Balaban J connectivity index is 1.97. The van der Waals surface area contributed by atoms with E-state index in [2.05, 4.69) is 11.2 Å². The van der Waals surface area contributed by atoms with Crippen molar-refractivity contribution < 1.29 is 23.7 Å². The van der Waals surface area contributed by atoms with Crippen LogP contribution in [-0.4, -0.2) is 39.6 Å². The van der Waals surface area contributed by atoms with Gasteiger partial charge in [0.2, 0.25) is 0 Å². The molecular formula is C23H26ClNO5. The highest BCUT2D eigenvalue weighted by molar-refractivity contribution is 6.30. The number of terminal acetylenes is 1. The van der Waals surface area contributed by atoms with E-state index >= 15 is 0 Å². The molecule has 2 aromatic rings. The number of carbonyl (C=O) groups excluding carboxylic acids is 1. The fourth-order valence-electron chi connectivity index (χ4n) is 2.69. The van der Waals surface area contributed by atoms with Gasteiger partial charge >= 0.3 is 0 Å². The van der Waals surface area contributed by atoms with Crippen LogP contribution in [-0.2, 0) is 20.7 Å². The molecule has 0 unspecified atom stereocenters. The highest BCUT2D eigenvalue weighted by Gasteiger charge is 2.21. The Hall–Kier alpha value is -2.72. The van der Waals surface area contributed by atoms with Crippen LogP contribution >= 0.6 is 11.6 Å². The van der Waals surface area contributed by atoms with E-state index in [0.717, 1.165) is 5.56 Å². The lowest BCUT2D eigenvalue weighted by atomic mass is 10.1. The summed E-state index contributed by atoms with van der Waals surface area (Å²) in [6, 6.07) is 12.5. The predicted octanol–water partition coefficient (Wildman–Crippen LogP) is 3.77. The van der Waals surface area contributed by atoms with Gasteiger partial charge < -0.3 is 24.3 Å². The minimum Gasteiger partial charge on any atom is -0.493 e. The normalized spacial score (nSPS) is 11.4. The fraction of sp³-hybridized carbons (Fsp3) is 0.348. The molecule has 0 saturated carbocycles. The summed E-state index contributed by atoms with van der Waals surface area (Å²) in [5.74, 6) is 3.34. The number of ether oxygens (including phenoxy) is 4. The van der Waals surface area contributed by atoms with Gasteiger partial charge in [-0.1, -0.05) is 35.7 Å². The van der Waals surface area contributed by atoms with Gasteiger partial charge in [0.15, 0.2) is 17.6 Å². The second-order valence-electron chi connectivity index (χ2n) is 6.23. The van der Waals surface area contributed by atoms with Crippen LogP contribution in [0.5, 0.6) is 11.5 Å². The minimum atomic E-state index is -0.789. The Kier molecular flexibility index (Phi) is 10.0. The number of benzene rings is 2. The zero-order valence-corrected chi connectivity index (χ0v) is 17.9. The van der Waals surface area contributed by atoms with Gasteiger partial charge in [0.1, 0.15) is 13.4 Å². The molecule has 0 bridgehead atoms. The van der Waals surface area contributed by atoms with E-state index in [1.54, 1.807) is 37.4 Å². The molecule has 0 aliphatic carbocycles. The summed E-state index contributed by atoms with van der Waals surface area (Å²) < 4.78 is 21.7. The smallest absolute Gasteiger partial charge is 0.253 e. The van der Waals surface area contributed by atoms with Gasteiger partial charge in [0, 0.05) is 18.2 Å². The lowest BCUT2D eigenvalue weighted by Gasteiger charge is -2.18. The molecule has 0 aromatic heterocycles. The Bertz CT molecular complexity index is 848. The molecule has 6 nitrogen and oxygen atoms in total. The average Bonchev–Trinajstić information content (AvgIpc) is 2.76. The van der Waals surface area contributed by atoms with Crippen molar-refractivity contribution in [2.45, 2.75) is 19.4 Å². The summed E-state index contributed by atoms with van der Waals surface area (Å²) in [4.78, 5) is 12.7. The van der Waals surface area contributed by atoms with Crippen LogP contribution < -0.4 is 14.8 Å². The molecular weight excluding hydrogens is 406 g/mol. The Morgan fingerprint density at radius 3 is 2.63 bits per heavy atom. The molecule has 30 heavy (non-hydrogen) atoms. The summed E-state index contributed by atoms with van der Waals surface area (Å²) in [5.41, 5.74) is 1.69. The zero-order valence-electron chi connectivity index (χ0n) is 17.2. The number of amides is 1. The monoisotopic (exact) mass is 431 g/mol. The molecule has 7 heteroatoms. The first-order valence-corrected chi connectivity index (χ1v) is 9.92. The Morgan fingerprint density at radius 2 is 1.97 bits per heavy atom. The van der Waals surface area contributed by atoms with Gasteiger partial charge in [-0.25, -0.2) is 0 Å². The third-order valence-electron chi connectivity index (χ3n) is 4.19. The van der Waals surface area contributed by atoms with Crippen LogP contribution in [0.25, 0.3) is 0 Å². The molecule has 0 radical (unpaired) electrons.